The Morgan fingerprint density at radius 2 is 1.92 bits per heavy atom. The summed E-state index contributed by atoms with van der Waals surface area (Å²) in [6.07, 6.45) is 0.160. The van der Waals surface area contributed by atoms with Gasteiger partial charge in [0.2, 0.25) is 11.8 Å². The van der Waals surface area contributed by atoms with Crippen LogP contribution in [0.25, 0.3) is 0 Å². The number of aromatic nitrogens is 1. The van der Waals surface area contributed by atoms with E-state index in [-0.39, 0.29) is 24.8 Å². The summed E-state index contributed by atoms with van der Waals surface area (Å²) >= 11 is 0. The fraction of sp³-hybridized carbons (Fsp3) is 0.353. The summed E-state index contributed by atoms with van der Waals surface area (Å²) in [5.74, 6) is 0.890. The lowest BCUT2D eigenvalue weighted by molar-refractivity contribution is -0.132. The molecule has 0 saturated heterocycles. The van der Waals surface area contributed by atoms with Crippen molar-refractivity contribution in [2.45, 2.75) is 20.3 Å². The van der Waals surface area contributed by atoms with Crippen LogP contribution in [-0.2, 0) is 16.0 Å². The number of rotatable bonds is 6. The van der Waals surface area contributed by atoms with Crippen LogP contribution in [0.15, 0.2) is 28.8 Å². The molecule has 0 radical (unpaired) electrons. The Morgan fingerprint density at radius 3 is 2.46 bits per heavy atom. The SMILES string of the molecule is COc1ccc(NC(=O)CN(C)C(=O)Cc2c(C)noc2C)cc1. The molecule has 0 aliphatic heterocycles. The van der Waals surface area contributed by atoms with E-state index in [9.17, 15) is 9.59 Å². The highest BCUT2D eigenvalue weighted by atomic mass is 16.5. The summed E-state index contributed by atoms with van der Waals surface area (Å²) in [6.45, 7) is 3.52. The lowest BCUT2D eigenvalue weighted by atomic mass is 10.1. The first kappa shape index (κ1) is 17.5. The highest BCUT2D eigenvalue weighted by Crippen LogP contribution is 2.15. The van der Waals surface area contributed by atoms with Crippen LogP contribution >= 0.6 is 0 Å². The predicted octanol–water partition coefficient (Wildman–Crippen LogP) is 1.94. The van der Waals surface area contributed by atoms with Crippen molar-refractivity contribution < 1.29 is 18.8 Å². The third-order valence-corrected chi connectivity index (χ3v) is 3.69. The molecular formula is C17H21N3O4. The monoisotopic (exact) mass is 331 g/mol. The van der Waals surface area contributed by atoms with E-state index in [4.69, 9.17) is 9.26 Å². The van der Waals surface area contributed by atoms with E-state index in [0.29, 0.717) is 22.9 Å². The van der Waals surface area contributed by atoms with Gasteiger partial charge in [-0.05, 0) is 38.1 Å². The summed E-state index contributed by atoms with van der Waals surface area (Å²) in [5, 5.41) is 6.57. The molecule has 1 aromatic carbocycles. The number of hydrogen-bond acceptors (Lipinski definition) is 5. The zero-order valence-corrected chi connectivity index (χ0v) is 14.3. The molecule has 7 nitrogen and oxygen atoms in total. The molecule has 0 fully saturated rings. The third-order valence-electron chi connectivity index (χ3n) is 3.69. The Kier molecular flexibility index (Phi) is 5.57. The summed E-state index contributed by atoms with van der Waals surface area (Å²) in [4.78, 5) is 25.7. The molecule has 1 aromatic heterocycles. The first-order valence-corrected chi connectivity index (χ1v) is 7.50. The van der Waals surface area contributed by atoms with Gasteiger partial charge >= 0.3 is 0 Å². The van der Waals surface area contributed by atoms with Crippen LogP contribution in [0.3, 0.4) is 0 Å². The second-order valence-electron chi connectivity index (χ2n) is 5.51. The van der Waals surface area contributed by atoms with Gasteiger partial charge in [-0.1, -0.05) is 5.16 Å². The van der Waals surface area contributed by atoms with Crippen molar-refractivity contribution in [2.75, 3.05) is 26.0 Å². The lowest BCUT2D eigenvalue weighted by Crippen LogP contribution is -2.35. The van der Waals surface area contributed by atoms with Crippen LogP contribution < -0.4 is 10.1 Å². The minimum atomic E-state index is -0.269. The Morgan fingerprint density at radius 1 is 1.25 bits per heavy atom. The van der Waals surface area contributed by atoms with Gasteiger partial charge < -0.3 is 19.5 Å². The van der Waals surface area contributed by atoms with Crippen LogP contribution in [0, 0.1) is 13.8 Å². The van der Waals surface area contributed by atoms with Gasteiger partial charge in [0.1, 0.15) is 11.5 Å². The van der Waals surface area contributed by atoms with Crippen molar-refractivity contribution in [3.63, 3.8) is 0 Å². The van der Waals surface area contributed by atoms with Crippen LogP contribution in [0.2, 0.25) is 0 Å². The van der Waals surface area contributed by atoms with Crippen molar-refractivity contribution >= 4 is 17.5 Å². The third kappa shape index (κ3) is 4.34. The fourth-order valence-electron chi connectivity index (χ4n) is 2.22. The minimum absolute atomic E-state index is 0.0335. The van der Waals surface area contributed by atoms with Gasteiger partial charge in [-0.25, -0.2) is 0 Å². The normalized spacial score (nSPS) is 10.3. The average Bonchev–Trinajstić information content (AvgIpc) is 2.87. The van der Waals surface area contributed by atoms with E-state index in [2.05, 4.69) is 10.5 Å². The van der Waals surface area contributed by atoms with Crippen LogP contribution in [0.5, 0.6) is 5.75 Å². The first-order valence-electron chi connectivity index (χ1n) is 7.50. The molecule has 0 aliphatic carbocycles. The van der Waals surface area contributed by atoms with E-state index in [1.807, 2.05) is 0 Å². The predicted molar refractivity (Wildman–Crippen MR) is 88.9 cm³/mol. The van der Waals surface area contributed by atoms with Crippen LogP contribution in [0.4, 0.5) is 5.69 Å². The van der Waals surface area contributed by atoms with Gasteiger partial charge in [-0.15, -0.1) is 0 Å². The summed E-state index contributed by atoms with van der Waals surface area (Å²) in [7, 11) is 3.17. The van der Waals surface area contributed by atoms with Crippen LogP contribution in [0.1, 0.15) is 17.0 Å². The molecule has 2 aromatic rings. The van der Waals surface area contributed by atoms with Gasteiger partial charge in [0.05, 0.1) is 25.8 Å². The van der Waals surface area contributed by atoms with Gasteiger partial charge in [0.25, 0.3) is 0 Å². The number of carbonyl (C=O) groups excluding carboxylic acids is 2. The van der Waals surface area contributed by atoms with Crippen molar-refractivity contribution in [3.05, 3.63) is 41.3 Å². The Balaban J connectivity index is 1.89. The molecule has 0 saturated carbocycles. The number of anilines is 1. The summed E-state index contributed by atoms with van der Waals surface area (Å²) in [6, 6.07) is 6.98. The standard InChI is InChI=1S/C17H21N3O4/c1-11-15(12(2)24-19-11)9-17(22)20(3)10-16(21)18-13-5-7-14(23-4)8-6-13/h5-8H,9-10H2,1-4H3,(H,18,21). The van der Waals surface area contributed by atoms with Gasteiger partial charge in [-0.2, -0.15) is 0 Å². The Bertz CT molecular complexity index is 702. The smallest absolute Gasteiger partial charge is 0.243 e. The largest absolute Gasteiger partial charge is 0.497 e. The molecule has 0 bridgehead atoms. The van der Waals surface area contributed by atoms with Crippen molar-refractivity contribution in [1.82, 2.24) is 10.1 Å². The molecular weight excluding hydrogens is 310 g/mol. The van der Waals surface area contributed by atoms with E-state index in [0.717, 1.165) is 5.56 Å². The first-order chi connectivity index (χ1) is 11.4. The summed E-state index contributed by atoms with van der Waals surface area (Å²) in [5.41, 5.74) is 2.10. The topological polar surface area (TPSA) is 84.7 Å². The second-order valence-corrected chi connectivity index (χ2v) is 5.51. The molecule has 2 rings (SSSR count). The molecule has 0 aliphatic rings. The maximum atomic E-state index is 12.2. The molecule has 128 valence electrons. The molecule has 0 spiro atoms. The van der Waals surface area contributed by atoms with E-state index in [1.165, 1.54) is 4.90 Å². The number of carbonyl (C=O) groups is 2. The molecule has 2 amide bonds. The summed E-state index contributed by atoms with van der Waals surface area (Å²) < 4.78 is 10.1. The minimum Gasteiger partial charge on any atom is -0.497 e. The molecule has 1 heterocycles. The Labute approximate surface area is 140 Å². The molecule has 1 N–H and O–H groups in total. The van der Waals surface area contributed by atoms with E-state index >= 15 is 0 Å². The number of nitrogens with zero attached hydrogens (tertiary/aromatic N) is 2. The number of benzene rings is 1. The number of nitrogens with one attached hydrogen (secondary N) is 1. The zero-order chi connectivity index (χ0) is 17.7. The fourth-order valence-corrected chi connectivity index (χ4v) is 2.22. The highest BCUT2D eigenvalue weighted by Gasteiger charge is 2.18. The molecule has 7 heteroatoms. The number of ether oxygens (including phenoxy) is 1. The number of likely N-dealkylation sites (N-methyl/N-ethyl adjacent to an activating group) is 1. The maximum Gasteiger partial charge on any atom is 0.243 e. The molecule has 0 atom stereocenters. The van der Waals surface area contributed by atoms with Gasteiger partial charge in [0, 0.05) is 18.3 Å². The number of methoxy groups -OCH3 is 1. The zero-order valence-electron chi connectivity index (χ0n) is 14.3. The van der Waals surface area contributed by atoms with Crippen LogP contribution in [-0.4, -0.2) is 42.6 Å². The number of aryl methyl sites for hydroxylation is 2. The van der Waals surface area contributed by atoms with Gasteiger partial charge in [0.15, 0.2) is 0 Å². The Hall–Kier alpha value is -2.83. The molecule has 24 heavy (non-hydrogen) atoms. The van der Waals surface area contributed by atoms with E-state index < -0.39 is 0 Å². The highest BCUT2D eigenvalue weighted by molar-refractivity contribution is 5.94. The van der Waals surface area contributed by atoms with Crippen molar-refractivity contribution in [2.24, 2.45) is 0 Å². The number of amides is 2. The maximum absolute atomic E-state index is 12.2. The van der Waals surface area contributed by atoms with Crippen molar-refractivity contribution in [3.8, 4) is 5.75 Å². The average molecular weight is 331 g/mol. The van der Waals surface area contributed by atoms with Gasteiger partial charge in [-0.3, -0.25) is 9.59 Å². The van der Waals surface area contributed by atoms with E-state index in [1.54, 1.807) is 52.3 Å². The molecule has 0 unspecified atom stereocenters. The number of hydrogen-bond donors (Lipinski definition) is 1. The second kappa shape index (κ2) is 7.63. The quantitative estimate of drug-likeness (QED) is 0.874. The lowest BCUT2D eigenvalue weighted by Gasteiger charge is -2.17. The van der Waals surface area contributed by atoms with Crippen molar-refractivity contribution in [1.29, 1.82) is 0 Å².